The molecule has 0 fully saturated rings. The summed E-state index contributed by atoms with van der Waals surface area (Å²) >= 11 is 5.93. The molecule has 0 aliphatic rings. The number of alkyl halides is 3. The Balaban J connectivity index is 2.45. The van der Waals surface area contributed by atoms with E-state index in [0.29, 0.717) is 21.0 Å². The second kappa shape index (κ2) is 11.1. The van der Waals surface area contributed by atoms with Gasteiger partial charge in [0.05, 0.1) is 17.5 Å². The molecule has 0 aliphatic carbocycles. The number of sulfonamides is 1. The Morgan fingerprint density at radius 1 is 1.06 bits per heavy atom. The van der Waals surface area contributed by atoms with E-state index in [1.807, 2.05) is 0 Å². The lowest BCUT2D eigenvalue weighted by Gasteiger charge is -2.33. The van der Waals surface area contributed by atoms with Crippen LogP contribution in [-0.2, 0) is 32.3 Å². The zero-order valence-corrected chi connectivity index (χ0v) is 22.1. The van der Waals surface area contributed by atoms with Crippen LogP contribution in [0.3, 0.4) is 0 Å². The fraction of sp³-hybridized carbons (Fsp3) is 0.417. The average Bonchev–Trinajstić information content (AvgIpc) is 2.74. The van der Waals surface area contributed by atoms with Crippen molar-refractivity contribution in [3.05, 3.63) is 64.7 Å². The van der Waals surface area contributed by atoms with Crippen LogP contribution in [0.2, 0.25) is 5.02 Å². The second-order valence-corrected chi connectivity index (χ2v) is 11.7. The molecule has 1 N–H and O–H groups in total. The summed E-state index contributed by atoms with van der Waals surface area (Å²) in [4.78, 5) is 27.5. The number of rotatable bonds is 8. The van der Waals surface area contributed by atoms with Crippen LogP contribution in [0.1, 0.15) is 38.8 Å². The molecule has 0 unspecified atom stereocenters. The minimum absolute atomic E-state index is 0.0606. The summed E-state index contributed by atoms with van der Waals surface area (Å²) in [5.74, 6) is -1.25. The quantitative estimate of drug-likeness (QED) is 0.529. The van der Waals surface area contributed by atoms with Gasteiger partial charge >= 0.3 is 6.18 Å². The maximum absolute atomic E-state index is 13.4. The largest absolute Gasteiger partial charge is 0.416 e. The lowest BCUT2D eigenvalue weighted by atomic mass is 10.1. The Morgan fingerprint density at radius 2 is 1.64 bits per heavy atom. The van der Waals surface area contributed by atoms with Gasteiger partial charge in [0.15, 0.2) is 0 Å². The van der Waals surface area contributed by atoms with Crippen molar-refractivity contribution in [1.82, 2.24) is 10.2 Å². The van der Waals surface area contributed by atoms with Crippen LogP contribution in [-0.4, -0.2) is 49.5 Å². The monoisotopic (exact) mass is 547 g/mol. The molecule has 2 aromatic carbocycles. The van der Waals surface area contributed by atoms with Gasteiger partial charge in [-0.05, 0) is 63.6 Å². The van der Waals surface area contributed by atoms with Gasteiger partial charge in [0.25, 0.3) is 0 Å². The highest BCUT2D eigenvalue weighted by molar-refractivity contribution is 7.92. The average molecular weight is 548 g/mol. The molecule has 36 heavy (non-hydrogen) atoms. The van der Waals surface area contributed by atoms with Gasteiger partial charge in [-0.1, -0.05) is 29.8 Å². The number of nitrogens with one attached hydrogen (secondary N) is 1. The van der Waals surface area contributed by atoms with Gasteiger partial charge < -0.3 is 10.2 Å². The lowest BCUT2D eigenvalue weighted by Crippen LogP contribution is -2.54. The number of nitrogens with zero attached hydrogens (tertiary/aromatic N) is 2. The second-order valence-electron chi connectivity index (χ2n) is 9.38. The van der Waals surface area contributed by atoms with Gasteiger partial charge in [0.1, 0.15) is 12.6 Å². The minimum atomic E-state index is -4.70. The summed E-state index contributed by atoms with van der Waals surface area (Å²) < 4.78 is 65.3. The fourth-order valence-electron chi connectivity index (χ4n) is 3.29. The highest BCUT2D eigenvalue weighted by atomic mass is 35.5. The summed E-state index contributed by atoms with van der Waals surface area (Å²) in [6, 6.07) is 9.18. The number of anilines is 1. The van der Waals surface area contributed by atoms with Gasteiger partial charge in [-0.25, -0.2) is 8.42 Å². The minimum Gasteiger partial charge on any atom is -0.350 e. The van der Waals surface area contributed by atoms with Crippen LogP contribution in [0.4, 0.5) is 18.9 Å². The molecule has 2 amide bonds. The van der Waals surface area contributed by atoms with Crippen LogP contribution in [0.25, 0.3) is 0 Å². The zero-order chi connectivity index (χ0) is 27.5. The van der Waals surface area contributed by atoms with Gasteiger partial charge in [0, 0.05) is 17.1 Å². The summed E-state index contributed by atoms with van der Waals surface area (Å²) in [6.07, 6.45) is -3.91. The molecule has 12 heteroatoms. The fourth-order valence-corrected chi connectivity index (χ4v) is 4.26. The molecular formula is C24H29ClF3N3O4S. The van der Waals surface area contributed by atoms with Crippen molar-refractivity contribution >= 4 is 39.1 Å². The predicted molar refractivity (Wildman–Crippen MR) is 133 cm³/mol. The predicted octanol–water partition coefficient (Wildman–Crippen LogP) is 4.46. The van der Waals surface area contributed by atoms with Crippen LogP contribution in [0.5, 0.6) is 0 Å². The summed E-state index contributed by atoms with van der Waals surface area (Å²) in [7, 11) is -4.16. The molecule has 0 bridgehead atoms. The van der Waals surface area contributed by atoms with Crippen LogP contribution >= 0.6 is 11.6 Å². The van der Waals surface area contributed by atoms with E-state index in [9.17, 15) is 31.2 Å². The third-order valence-electron chi connectivity index (χ3n) is 5.07. The van der Waals surface area contributed by atoms with Crippen molar-refractivity contribution < 1.29 is 31.2 Å². The van der Waals surface area contributed by atoms with Crippen molar-refractivity contribution in [1.29, 1.82) is 0 Å². The number of carbonyl (C=O) groups is 2. The summed E-state index contributed by atoms with van der Waals surface area (Å²) in [5.41, 5.74) is -1.36. The molecule has 0 aliphatic heterocycles. The topological polar surface area (TPSA) is 86.8 Å². The van der Waals surface area contributed by atoms with Crippen molar-refractivity contribution in [2.45, 2.75) is 52.0 Å². The van der Waals surface area contributed by atoms with E-state index in [1.165, 1.54) is 17.9 Å². The number of carbonyl (C=O) groups excluding carboxylic acids is 2. The number of benzene rings is 2. The molecule has 0 aromatic heterocycles. The normalized spacial score (nSPS) is 13.1. The first-order chi connectivity index (χ1) is 16.4. The smallest absolute Gasteiger partial charge is 0.350 e. The van der Waals surface area contributed by atoms with E-state index in [-0.39, 0.29) is 12.2 Å². The lowest BCUT2D eigenvalue weighted by molar-refractivity contribution is -0.140. The Labute approximate surface area is 214 Å². The molecule has 198 valence electrons. The molecule has 0 radical (unpaired) electrons. The highest BCUT2D eigenvalue weighted by Gasteiger charge is 2.34. The Kier molecular flexibility index (Phi) is 9.06. The van der Waals surface area contributed by atoms with Gasteiger partial charge in [-0.3, -0.25) is 13.9 Å². The van der Waals surface area contributed by atoms with Gasteiger partial charge in [-0.2, -0.15) is 13.2 Å². The first-order valence-electron chi connectivity index (χ1n) is 10.9. The van der Waals surface area contributed by atoms with Crippen molar-refractivity contribution in [2.24, 2.45) is 0 Å². The molecular weight excluding hydrogens is 519 g/mol. The number of hydrogen-bond acceptors (Lipinski definition) is 4. The number of hydrogen-bond donors (Lipinski definition) is 1. The number of halogens is 4. The molecule has 0 saturated carbocycles. The molecule has 1 atom stereocenters. The van der Waals surface area contributed by atoms with Crippen LogP contribution < -0.4 is 9.62 Å². The number of amides is 2. The molecule has 0 heterocycles. The SMILES string of the molecule is C[C@@H](C(=O)NC(C)(C)C)N(Cc1ccc(Cl)cc1)C(=O)CN(c1cccc(C(F)(F)F)c1)S(C)(=O)=O. The van der Waals surface area contributed by atoms with Crippen molar-refractivity contribution in [2.75, 3.05) is 17.1 Å². The molecule has 7 nitrogen and oxygen atoms in total. The first-order valence-corrected chi connectivity index (χ1v) is 13.1. The summed E-state index contributed by atoms with van der Waals surface area (Å²) in [6.45, 7) is 5.92. The Morgan fingerprint density at radius 3 is 2.14 bits per heavy atom. The van der Waals surface area contributed by atoms with E-state index in [1.54, 1.807) is 45.0 Å². The molecule has 0 spiro atoms. The van der Waals surface area contributed by atoms with E-state index in [4.69, 9.17) is 11.6 Å². The zero-order valence-electron chi connectivity index (χ0n) is 20.6. The molecule has 2 rings (SSSR count). The first kappa shape index (κ1) is 29.4. The third kappa shape index (κ3) is 8.41. The third-order valence-corrected chi connectivity index (χ3v) is 6.46. The highest BCUT2D eigenvalue weighted by Crippen LogP contribution is 2.32. The van der Waals surface area contributed by atoms with Crippen molar-refractivity contribution in [3.63, 3.8) is 0 Å². The van der Waals surface area contributed by atoms with E-state index < -0.39 is 51.7 Å². The van der Waals surface area contributed by atoms with Crippen LogP contribution in [0.15, 0.2) is 48.5 Å². The molecule has 2 aromatic rings. The molecule has 0 saturated heterocycles. The Hall–Kier alpha value is -2.79. The maximum Gasteiger partial charge on any atom is 0.416 e. The van der Waals surface area contributed by atoms with Crippen molar-refractivity contribution in [3.8, 4) is 0 Å². The van der Waals surface area contributed by atoms with Crippen LogP contribution in [0, 0.1) is 0 Å². The Bertz CT molecular complexity index is 1200. The van der Waals surface area contributed by atoms with E-state index in [2.05, 4.69) is 5.32 Å². The van der Waals surface area contributed by atoms with E-state index in [0.717, 1.165) is 18.4 Å². The van der Waals surface area contributed by atoms with Gasteiger partial charge in [0.2, 0.25) is 21.8 Å². The maximum atomic E-state index is 13.4. The van der Waals surface area contributed by atoms with Gasteiger partial charge in [-0.15, -0.1) is 0 Å². The van der Waals surface area contributed by atoms with E-state index >= 15 is 0 Å². The standard InChI is InChI=1S/C24H29ClF3N3O4S/c1-16(22(33)29-23(2,3)4)30(14-17-9-11-19(25)12-10-17)21(32)15-31(36(5,34)35)20-8-6-7-18(13-20)24(26,27)28/h6-13,16H,14-15H2,1-5H3,(H,29,33)/t16-/m0/s1. The summed E-state index contributed by atoms with van der Waals surface area (Å²) in [5, 5.41) is 3.24.